The molecule has 0 aromatic rings. The van der Waals surface area contributed by atoms with E-state index in [9.17, 15) is 0 Å². The van der Waals surface area contributed by atoms with Crippen LogP contribution >= 0.6 is 11.6 Å². The minimum Gasteiger partial charge on any atom is -0.131 e. The van der Waals surface area contributed by atoms with Crippen molar-refractivity contribution < 1.29 is 0 Å². The lowest BCUT2D eigenvalue weighted by molar-refractivity contribution is 0.559. The van der Waals surface area contributed by atoms with Gasteiger partial charge in [0.1, 0.15) is 0 Å². The summed E-state index contributed by atoms with van der Waals surface area (Å²) in [6.45, 7) is 5.39. The molecule has 0 aliphatic carbocycles. The van der Waals surface area contributed by atoms with E-state index in [4.69, 9.17) is 18.0 Å². The van der Waals surface area contributed by atoms with E-state index in [0.29, 0.717) is 5.88 Å². The van der Waals surface area contributed by atoms with Gasteiger partial charge < -0.3 is 0 Å². The molecule has 1 unspecified atom stereocenters. The van der Waals surface area contributed by atoms with Gasteiger partial charge in [0.25, 0.3) is 0 Å². The molecular weight excluding hydrogens is 144 g/mol. The molecule has 0 amide bonds. The number of terminal acetylenes is 1. The van der Waals surface area contributed by atoms with Gasteiger partial charge in [-0.1, -0.05) is 12.5 Å². The average Bonchev–Trinajstić information content (AvgIpc) is 1.89. The quantitative estimate of drug-likeness (QED) is 0.333. The second kappa shape index (κ2) is 4.23. The van der Waals surface area contributed by atoms with E-state index in [2.05, 4.69) is 18.2 Å². The van der Waals surface area contributed by atoms with Crippen LogP contribution in [-0.4, -0.2) is 5.88 Å². The highest BCUT2D eigenvalue weighted by atomic mass is 35.5. The van der Waals surface area contributed by atoms with E-state index in [1.807, 2.05) is 6.92 Å². The highest BCUT2D eigenvalue weighted by Crippen LogP contribution is 2.21. The van der Waals surface area contributed by atoms with Crippen molar-refractivity contribution in [1.82, 2.24) is 0 Å². The predicted octanol–water partition coefficient (Wildman–Crippen LogP) is 2.60. The van der Waals surface area contributed by atoms with Gasteiger partial charge >= 0.3 is 0 Å². The molecule has 0 bridgehead atoms. The van der Waals surface area contributed by atoms with Crippen LogP contribution in [0.5, 0.6) is 0 Å². The average molecular weight is 155 g/mol. The largest absolute Gasteiger partial charge is 0.131 e. The SMILES string of the molecule is C#CC(C)(C=C=C)CCCl. The summed E-state index contributed by atoms with van der Waals surface area (Å²) in [5, 5.41) is 0. The summed E-state index contributed by atoms with van der Waals surface area (Å²) in [7, 11) is 0. The van der Waals surface area contributed by atoms with Crippen LogP contribution in [0.2, 0.25) is 0 Å². The van der Waals surface area contributed by atoms with Gasteiger partial charge in [-0.2, -0.15) is 0 Å². The summed E-state index contributed by atoms with van der Waals surface area (Å²) >= 11 is 5.54. The third-order valence-electron chi connectivity index (χ3n) is 1.36. The first-order chi connectivity index (χ1) is 4.68. The van der Waals surface area contributed by atoms with E-state index >= 15 is 0 Å². The van der Waals surface area contributed by atoms with Crippen molar-refractivity contribution in [2.24, 2.45) is 5.41 Å². The van der Waals surface area contributed by atoms with E-state index in [0.717, 1.165) is 6.42 Å². The number of hydrogen-bond donors (Lipinski definition) is 0. The van der Waals surface area contributed by atoms with Crippen molar-refractivity contribution >= 4 is 11.6 Å². The third kappa shape index (κ3) is 2.78. The summed E-state index contributed by atoms with van der Waals surface area (Å²) in [6, 6.07) is 0. The second-order valence-electron chi connectivity index (χ2n) is 2.35. The normalized spacial score (nSPS) is 14.5. The molecule has 0 radical (unpaired) electrons. The van der Waals surface area contributed by atoms with Gasteiger partial charge in [-0.15, -0.1) is 23.8 Å². The van der Waals surface area contributed by atoms with E-state index < -0.39 is 0 Å². The molecule has 0 spiro atoms. The molecule has 0 aliphatic rings. The van der Waals surface area contributed by atoms with Crippen LogP contribution in [0.25, 0.3) is 0 Å². The number of alkyl halides is 1. The van der Waals surface area contributed by atoms with Crippen LogP contribution in [0.3, 0.4) is 0 Å². The summed E-state index contributed by atoms with van der Waals surface area (Å²) in [4.78, 5) is 0. The molecule has 54 valence electrons. The topological polar surface area (TPSA) is 0 Å². The fraction of sp³-hybridized carbons (Fsp3) is 0.444. The van der Waals surface area contributed by atoms with Crippen LogP contribution in [0, 0.1) is 17.8 Å². The number of rotatable bonds is 3. The molecule has 0 aliphatic heterocycles. The van der Waals surface area contributed by atoms with Crippen molar-refractivity contribution in [3.05, 3.63) is 18.4 Å². The van der Waals surface area contributed by atoms with Crippen molar-refractivity contribution in [2.45, 2.75) is 13.3 Å². The fourth-order valence-corrected chi connectivity index (χ4v) is 1.00. The molecule has 1 heteroatoms. The van der Waals surface area contributed by atoms with Gasteiger partial charge in [-0.25, -0.2) is 0 Å². The maximum Gasteiger partial charge on any atom is 0.0547 e. The first kappa shape index (κ1) is 9.37. The summed E-state index contributed by atoms with van der Waals surface area (Å²) in [5.74, 6) is 3.21. The van der Waals surface area contributed by atoms with Crippen LogP contribution in [-0.2, 0) is 0 Å². The smallest absolute Gasteiger partial charge is 0.0547 e. The Balaban J connectivity index is 4.26. The molecule has 0 N–H and O–H groups in total. The molecule has 1 atom stereocenters. The summed E-state index contributed by atoms with van der Waals surface area (Å²) in [6.07, 6.45) is 7.82. The number of allylic oxidation sites excluding steroid dienone is 1. The zero-order valence-corrected chi connectivity index (χ0v) is 6.91. The maximum atomic E-state index is 5.54. The van der Waals surface area contributed by atoms with Crippen LogP contribution in [0.15, 0.2) is 18.4 Å². The lowest BCUT2D eigenvalue weighted by Gasteiger charge is -2.15. The lowest BCUT2D eigenvalue weighted by Crippen LogP contribution is -2.09. The molecule has 0 rings (SSSR count). The summed E-state index contributed by atoms with van der Waals surface area (Å²) < 4.78 is 0. The van der Waals surface area contributed by atoms with E-state index in [1.54, 1.807) is 6.08 Å². The minimum absolute atomic E-state index is 0.260. The Bertz CT molecular complexity index is 181. The van der Waals surface area contributed by atoms with Gasteiger partial charge in [0, 0.05) is 5.88 Å². The van der Waals surface area contributed by atoms with Crippen molar-refractivity contribution in [3.63, 3.8) is 0 Å². The van der Waals surface area contributed by atoms with Gasteiger partial charge in [-0.05, 0) is 19.4 Å². The molecule has 10 heavy (non-hydrogen) atoms. The molecule has 0 aromatic carbocycles. The Hall–Kier alpha value is -0.630. The Morgan fingerprint density at radius 2 is 2.40 bits per heavy atom. The van der Waals surface area contributed by atoms with Gasteiger partial charge in [-0.3, -0.25) is 0 Å². The maximum absolute atomic E-state index is 5.54. The Morgan fingerprint density at radius 3 is 2.70 bits per heavy atom. The first-order valence-corrected chi connectivity index (χ1v) is 3.62. The predicted molar refractivity (Wildman–Crippen MR) is 46.0 cm³/mol. The van der Waals surface area contributed by atoms with Crippen LogP contribution in [0.1, 0.15) is 13.3 Å². The third-order valence-corrected chi connectivity index (χ3v) is 1.55. The Morgan fingerprint density at radius 1 is 1.80 bits per heavy atom. The summed E-state index contributed by atoms with van der Waals surface area (Å²) in [5.41, 5.74) is 2.41. The number of halogens is 1. The van der Waals surface area contributed by atoms with Crippen molar-refractivity contribution in [2.75, 3.05) is 5.88 Å². The van der Waals surface area contributed by atoms with Gasteiger partial charge in [0.15, 0.2) is 0 Å². The van der Waals surface area contributed by atoms with Gasteiger partial charge in [0.05, 0.1) is 5.41 Å². The van der Waals surface area contributed by atoms with Gasteiger partial charge in [0.2, 0.25) is 0 Å². The highest BCUT2D eigenvalue weighted by molar-refractivity contribution is 6.17. The highest BCUT2D eigenvalue weighted by Gasteiger charge is 2.15. The van der Waals surface area contributed by atoms with Crippen molar-refractivity contribution in [3.8, 4) is 12.3 Å². The van der Waals surface area contributed by atoms with Crippen LogP contribution in [0.4, 0.5) is 0 Å². The lowest BCUT2D eigenvalue weighted by atomic mass is 9.89. The zero-order chi connectivity index (χ0) is 8.04. The van der Waals surface area contributed by atoms with Crippen LogP contribution < -0.4 is 0 Å². The second-order valence-corrected chi connectivity index (χ2v) is 2.73. The fourth-order valence-electron chi connectivity index (χ4n) is 0.608. The molecule has 0 nitrogen and oxygen atoms in total. The molecule has 0 saturated carbocycles. The molecular formula is C9H11Cl. The Labute approximate surface area is 67.6 Å². The minimum atomic E-state index is -0.260. The molecule has 0 heterocycles. The Kier molecular flexibility index (Phi) is 3.96. The number of hydrogen-bond acceptors (Lipinski definition) is 0. The van der Waals surface area contributed by atoms with E-state index in [-0.39, 0.29) is 5.41 Å². The molecule has 0 aromatic heterocycles. The van der Waals surface area contributed by atoms with E-state index in [1.165, 1.54) is 0 Å². The van der Waals surface area contributed by atoms with Crippen molar-refractivity contribution in [1.29, 1.82) is 0 Å². The first-order valence-electron chi connectivity index (χ1n) is 3.09. The standard InChI is InChI=1S/C9H11Cl/c1-4-6-9(3,5-2)7-8-10/h2,6H,1,7-8H2,3H3. The monoisotopic (exact) mass is 154 g/mol. The molecule has 0 saturated heterocycles. The molecule has 0 fully saturated rings. The zero-order valence-electron chi connectivity index (χ0n) is 6.15.